The minimum Gasteiger partial charge on any atom is -0.307 e. The van der Waals surface area contributed by atoms with E-state index in [4.69, 9.17) is 0 Å². The van der Waals surface area contributed by atoms with Crippen LogP contribution < -0.4 is 5.32 Å². The normalized spacial score (nSPS) is 12.8. The van der Waals surface area contributed by atoms with Crippen molar-refractivity contribution in [3.63, 3.8) is 0 Å². The van der Waals surface area contributed by atoms with Gasteiger partial charge < -0.3 is 5.32 Å². The predicted octanol–water partition coefficient (Wildman–Crippen LogP) is 3.14. The van der Waals surface area contributed by atoms with Crippen LogP contribution in [0.2, 0.25) is 0 Å². The standard InChI is InChI=1S/C14H16F3N3/c1-10(8-11-2-4-12(15)5-3-11)19-9-13-18-6-7-20(13)14(16)17/h2-7,10,14,19H,8-9H2,1H3. The summed E-state index contributed by atoms with van der Waals surface area (Å²) in [4.78, 5) is 3.90. The Morgan fingerprint density at radius 1 is 1.25 bits per heavy atom. The minimum atomic E-state index is -2.58. The Bertz CT molecular complexity index is 537. The molecule has 1 unspecified atom stereocenters. The van der Waals surface area contributed by atoms with E-state index in [2.05, 4.69) is 10.3 Å². The third kappa shape index (κ3) is 3.84. The number of nitrogens with zero attached hydrogens (tertiary/aromatic N) is 2. The van der Waals surface area contributed by atoms with Gasteiger partial charge in [-0.3, -0.25) is 4.57 Å². The van der Waals surface area contributed by atoms with Gasteiger partial charge in [-0.1, -0.05) is 12.1 Å². The van der Waals surface area contributed by atoms with Crippen molar-refractivity contribution in [2.45, 2.75) is 32.5 Å². The third-order valence-corrected chi connectivity index (χ3v) is 3.02. The van der Waals surface area contributed by atoms with E-state index in [0.717, 1.165) is 10.1 Å². The molecule has 1 N–H and O–H groups in total. The van der Waals surface area contributed by atoms with E-state index in [1.165, 1.54) is 24.5 Å². The number of aromatic nitrogens is 2. The fourth-order valence-corrected chi connectivity index (χ4v) is 1.97. The smallest absolute Gasteiger partial charge is 0.307 e. The maximum absolute atomic E-state index is 12.8. The molecule has 6 heteroatoms. The SMILES string of the molecule is CC(Cc1ccc(F)cc1)NCc1nccn1C(F)F. The van der Waals surface area contributed by atoms with Crippen LogP contribution in [-0.4, -0.2) is 15.6 Å². The van der Waals surface area contributed by atoms with E-state index < -0.39 is 6.55 Å². The highest BCUT2D eigenvalue weighted by molar-refractivity contribution is 5.17. The van der Waals surface area contributed by atoms with Crippen LogP contribution in [0.1, 0.15) is 24.9 Å². The summed E-state index contributed by atoms with van der Waals surface area (Å²) in [6, 6.07) is 6.32. The lowest BCUT2D eigenvalue weighted by Gasteiger charge is -2.14. The molecule has 0 saturated heterocycles. The molecular formula is C14H16F3N3. The zero-order chi connectivity index (χ0) is 14.5. The lowest BCUT2D eigenvalue weighted by atomic mass is 10.1. The highest BCUT2D eigenvalue weighted by atomic mass is 19.3. The van der Waals surface area contributed by atoms with Gasteiger partial charge in [-0.15, -0.1) is 0 Å². The fraction of sp³-hybridized carbons (Fsp3) is 0.357. The number of imidazole rings is 1. The lowest BCUT2D eigenvalue weighted by molar-refractivity contribution is 0.0665. The zero-order valence-corrected chi connectivity index (χ0v) is 11.1. The molecule has 0 aliphatic heterocycles. The van der Waals surface area contributed by atoms with Gasteiger partial charge in [0.2, 0.25) is 0 Å². The topological polar surface area (TPSA) is 29.9 Å². The van der Waals surface area contributed by atoms with Gasteiger partial charge >= 0.3 is 6.55 Å². The Kier molecular flexibility index (Phi) is 4.79. The number of benzene rings is 1. The summed E-state index contributed by atoms with van der Waals surface area (Å²) in [5.74, 6) is 0.0271. The Labute approximate surface area is 115 Å². The van der Waals surface area contributed by atoms with Crippen molar-refractivity contribution in [2.75, 3.05) is 0 Å². The van der Waals surface area contributed by atoms with Gasteiger partial charge in [0.25, 0.3) is 0 Å². The molecule has 3 nitrogen and oxygen atoms in total. The first kappa shape index (κ1) is 14.6. The van der Waals surface area contributed by atoms with E-state index in [1.807, 2.05) is 6.92 Å². The largest absolute Gasteiger partial charge is 0.319 e. The van der Waals surface area contributed by atoms with E-state index in [9.17, 15) is 13.2 Å². The molecule has 1 aromatic heterocycles. The quantitative estimate of drug-likeness (QED) is 0.882. The van der Waals surface area contributed by atoms with Crippen LogP contribution in [0, 0.1) is 5.82 Å². The summed E-state index contributed by atoms with van der Waals surface area (Å²) in [7, 11) is 0. The molecule has 0 saturated carbocycles. The number of hydrogen-bond donors (Lipinski definition) is 1. The van der Waals surface area contributed by atoms with Gasteiger partial charge in [0.1, 0.15) is 11.6 Å². The zero-order valence-electron chi connectivity index (χ0n) is 11.1. The molecule has 20 heavy (non-hydrogen) atoms. The van der Waals surface area contributed by atoms with E-state index in [-0.39, 0.29) is 18.4 Å². The molecule has 108 valence electrons. The summed E-state index contributed by atoms with van der Waals surface area (Å²) in [6.45, 7) is -0.375. The molecule has 0 fully saturated rings. The van der Waals surface area contributed by atoms with Gasteiger partial charge in [0.05, 0.1) is 6.54 Å². The lowest BCUT2D eigenvalue weighted by Crippen LogP contribution is -2.29. The molecule has 0 amide bonds. The number of alkyl halides is 2. The summed E-state index contributed by atoms with van der Waals surface area (Å²) in [5, 5.41) is 3.13. The maximum atomic E-state index is 12.8. The summed E-state index contributed by atoms with van der Waals surface area (Å²) in [5.41, 5.74) is 0.989. The van der Waals surface area contributed by atoms with Gasteiger partial charge in [-0.05, 0) is 31.0 Å². The number of nitrogens with one attached hydrogen (secondary N) is 1. The van der Waals surface area contributed by atoms with Crippen LogP contribution >= 0.6 is 0 Å². The molecule has 0 aliphatic carbocycles. The van der Waals surface area contributed by atoms with Crippen molar-refractivity contribution in [3.05, 3.63) is 53.9 Å². The van der Waals surface area contributed by atoms with Crippen LogP contribution in [0.3, 0.4) is 0 Å². The van der Waals surface area contributed by atoms with Crippen LogP contribution in [0.4, 0.5) is 13.2 Å². The predicted molar refractivity (Wildman–Crippen MR) is 69.9 cm³/mol. The van der Waals surface area contributed by atoms with Gasteiger partial charge in [0, 0.05) is 18.4 Å². The molecule has 2 aromatic rings. The van der Waals surface area contributed by atoms with Crippen molar-refractivity contribution in [1.29, 1.82) is 0 Å². The van der Waals surface area contributed by atoms with Gasteiger partial charge in [-0.25, -0.2) is 9.37 Å². The van der Waals surface area contributed by atoms with Crippen molar-refractivity contribution in [3.8, 4) is 0 Å². The summed E-state index contributed by atoms with van der Waals surface area (Å²) >= 11 is 0. The first-order valence-electron chi connectivity index (χ1n) is 6.34. The number of hydrogen-bond acceptors (Lipinski definition) is 2. The third-order valence-electron chi connectivity index (χ3n) is 3.02. The monoisotopic (exact) mass is 283 g/mol. The molecule has 1 aromatic carbocycles. The molecule has 0 radical (unpaired) electrons. The van der Waals surface area contributed by atoms with Crippen LogP contribution in [-0.2, 0) is 13.0 Å². The Morgan fingerprint density at radius 2 is 1.95 bits per heavy atom. The van der Waals surface area contributed by atoms with E-state index in [0.29, 0.717) is 12.2 Å². The number of rotatable bonds is 6. The van der Waals surface area contributed by atoms with Crippen molar-refractivity contribution < 1.29 is 13.2 Å². The van der Waals surface area contributed by atoms with Crippen molar-refractivity contribution in [2.24, 2.45) is 0 Å². The molecular weight excluding hydrogens is 267 g/mol. The second kappa shape index (κ2) is 6.56. The Balaban J connectivity index is 1.87. The highest BCUT2D eigenvalue weighted by Crippen LogP contribution is 2.12. The molecule has 1 atom stereocenters. The van der Waals surface area contributed by atoms with Gasteiger partial charge in [0.15, 0.2) is 0 Å². The first-order chi connectivity index (χ1) is 9.56. The Morgan fingerprint density at radius 3 is 2.60 bits per heavy atom. The van der Waals surface area contributed by atoms with Crippen LogP contribution in [0.15, 0.2) is 36.7 Å². The maximum Gasteiger partial charge on any atom is 0.319 e. The van der Waals surface area contributed by atoms with E-state index >= 15 is 0 Å². The molecule has 0 spiro atoms. The molecule has 0 bridgehead atoms. The first-order valence-corrected chi connectivity index (χ1v) is 6.34. The second-order valence-electron chi connectivity index (χ2n) is 4.64. The van der Waals surface area contributed by atoms with Crippen LogP contribution in [0.25, 0.3) is 0 Å². The molecule has 2 rings (SSSR count). The fourth-order valence-electron chi connectivity index (χ4n) is 1.97. The minimum absolute atomic E-state index is 0.0725. The second-order valence-corrected chi connectivity index (χ2v) is 4.64. The summed E-state index contributed by atoms with van der Waals surface area (Å²) < 4.78 is 38.9. The van der Waals surface area contributed by atoms with Gasteiger partial charge in [-0.2, -0.15) is 8.78 Å². The summed E-state index contributed by atoms with van der Waals surface area (Å²) in [6.07, 6.45) is 3.30. The number of halogens is 3. The van der Waals surface area contributed by atoms with Crippen molar-refractivity contribution in [1.82, 2.24) is 14.9 Å². The van der Waals surface area contributed by atoms with E-state index in [1.54, 1.807) is 12.1 Å². The molecule has 1 heterocycles. The highest BCUT2D eigenvalue weighted by Gasteiger charge is 2.12. The average Bonchev–Trinajstić information content (AvgIpc) is 2.88. The van der Waals surface area contributed by atoms with Crippen LogP contribution in [0.5, 0.6) is 0 Å². The van der Waals surface area contributed by atoms with Crippen molar-refractivity contribution >= 4 is 0 Å². The Hall–Kier alpha value is -1.82. The average molecular weight is 283 g/mol. The molecule has 0 aliphatic rings.